The van der Waals surface area contributed by atoms with Crippen LogP contribution in [0.25, 0.3) is 0 Å². The van der Waals surface area contributed by atoms with Gasteiger partial charge in [0.1, 0.15) is 0 Å². The van der Waals surface area contributed by atoms with Crippen molar-refractivity contribution in [3.8, 4) is 11.9 Å². The van der Waals surface area contributed by atoms with Crippen molar-refractivity contribution >= 4 is 0 Å². The first-order valence-electron chi connectivity index (χ1n) is 5.20. The van der Waals surface area contributed by atoms with Gasteiger partial charge in [0.2, 0.25) is 5.88 Å². The van der Waals surface area contributed by atoms with Gasteiger partial charge in [-0.1, -0.05) is 0 Å². The molecule has 0 aliphatic rings. The Hall–Kier alpha value is -1.57. The summed E-state index contributed by atoms with van der Waals surface area (Å²) in [7, 11) is 2.43. The lowest BCUT2D eigenvalue weighted by atomic mass is 10.1. The van der Waals surface area contributed by atoms with E-state index in [0.717, 1.165) is 0 Å². The molecule has 0 amide bonds. The second kappa shape index (κ2) is 5.85. The fourth-order valence-electron chi connectivity index (χ4n) is 1.44. The minimum absolute atomic E-state index is 0.0957. The zero-order valence-electron chi connectivity index (χ0n) is 10.0. The number of rotatable bonds is 5. The normalized spacial score (nSPS) is 11.4. The molecule has 18 heavy (non-hydrogen) atoms. The highest BCUT2D eigenvalue weighted by Crippen LogP contribution is 2.35. The van der Waals surface area contributed by atoms with Crippen molar-refractivity contribution in [1.82, 2.24) is 9.97 Å². The summed E-state index contributed by atoms with van der Waals surface area (Å²) in [6.07, 6.45) is -4.11. The van der Waals surface area contributed by atoms with E-state index in [2.05, 4.69) is 14.7 Å². The first kappa shape index (κ1) is 14.5. The number of aromatic nitrogens is 2. The summed E-state index contributed by atoms with van der Waals surface area (Å²) in [5.74, 6) is -0.136. The van der Waals surface area contributed by atoms with Gasteiger partial charge in [0.25, 0.3) is 0 Å². The largest absolute Gasteiger partial charge is 0.481 e. The summed E-state index contributed by atoms with van der Waals surface area (Å²) < 4.78 is 48.1. The summed E-state index contributed by atoms with van der Waals surface area (Å²) in [4.78, 5) is 7.09. The summed E-state index contributed by atoms with van der Waals surface area (Å²) in [6.45, 7) is 0.270. The van der Waals surface area contributed by atoms with E-state index >= 15 is 0 Å². The second-order valence-electron chi connectivity index (χ2n) is 3.44. The van der Waals surface area contributed by atoms with Gasteiger partial charge in [0.15, 0.2) is 5.69 Å². The van der Waals surface area contributed by atoms with Crippen molar-refractivity contribution < 1.29 is 22.6 Å². The Morgan fingerprint density at radius 1 is 1.17 bits per heavy atom. The lowest BCUT2D eigenvalue weighted by molar-refractivity contribution is -0.142. The third-order valence-electron chi connectivity index (χ3n) is 2.22. The van der Waals surface area contributed by atoms with Gasteiger partial charge >= 0.3 is 12.2 Å². The number of hydrogen-bond acceptors (Lipinski definition) is 5. The van der Waals surface area contributed by atoms with Gasteiger partial charge in [-0.2, -0.15) is 23.1 Å². The number of alkyl halides is 3. The van der Waals surface area contributed by atoms with Crippen molar-refractivity contribution in [2.24, 2.45) is 5.73 Å². The highest BCUT2D eigenvalue weighted by molar-refractivity contribution is 5.34. The van der Waals surface area contributed by atoms with Crippen LogP contribution in [0.15, 0.2) is 0 Å². The number of nitrogens with zero attached hydrogens (tertiary/aromatic N) is 2. The molecular weight excluding hydrogens is 251 g/mol. The first-order chi connectivity index (χ1) is 8.43. The van der Waals surface area contributed by atoms with E-state index in [0.29, 0.717) is 6.42 Å². The molecule has 2 N–H and O–H groups in total. The van der Waals surface area contributed by atoms with Crippen LogP contribution >= 0.6 is 0 Å². The van der Waals surface area contributed by atoms with Gasteiger partial charge in [-0.05, 0) is 19.4 Å². The maximum Gasteiger partial charge on any atom is 0.434 e. The Balaban J connectivity index is 3.32. The lowest BCUT2D eigenvalue weighted by Crippen LogP contribution is -2.16. The van der Waals surface area contributed by atoms with Gasteiger partial charge in [0.05, 0.1) is 14.2 Å². The predicted molar refractivity (Wildman–Crippen MR) is 57.5 cm³/mol. The third kappa shape index (κ3) is 3.22. The number of hydrogen-bond donors (Lipinski definition) is 1. The monoisotopic (exact) mass is 265 g/mol. The molecule has 0 radical (unpaired) electrons. The van der Waals surface area contributed by atoms with E-state index in [1.807, 2.05) is 0 Å². The minimum atomic E-state index is -4.59. The van der Waals surface area contributed by atoms with Crippen LogP contribution in [0, 0.1) is 0 Å². The van der Waals surface area contributed by atoms with E-state index in [9.17, 15) is 13.2 Å². The molecule has 1 aromatic rings. The third-order valence-corrected chi connectivity index (χ3v) is 2.22. The Labute approximate surface area is 102 Å². The van der Waals surface area contributed by atoms with Gasteiger partial charge in [-0.15, -0.1) is 0 Å². The van der Waals surface area contributed by atoms with E-state index in [1.165, 1.54) is 14.2 Å². The van der Waals surface area contributed by atoms with Gasteiger partial charge < -0.3 is 15.2 Å². The molecule has 0 saturated carbocycles. The van der Waals surface area contributed by atoms with Crippen LogP contribution in [0.4, 0.5) is 13.2 Å². The molecule has 0 bridgehead atoms. The Kier molecular flexibility index (Phi) is 4.71. The van der Waals surface area contributed by atoms with Crippen molar-refractivity contribution in [3.63, 3.8) is 0 Å². The highest BCUT2D eigenvalue weighted by atomic mass is 19.4. The Morgan fingerprint density at radius 3 is 2.28 bits per heavy atom. The molecule has 0 unspecified atom stereocenters. The lowest BCUT2D eigenvalue weighted by Gasteiger charge is -2.15. The molecule has 0 spiro atoms. The van der Waals surface area contributed by atoms with E-state index in [1.54, 1.807) is 0 Å². The number of nitrogens with two attached hydrogens (primary N) is 1. The highest BCUT2D eigenvalue weighted by Gasteiger charge is 2.38. The van der Waals surface area contributed by atoms with E-state index in [4.69, 9.17) is 10.5 Å². The van der Waals surface area contributed by atoms with Crippen molar-refractivity contribution in [2.75, 3.05) is 20.8 Å². The van der Waals surface area contributed by atoms with Crippen molar-refractivity contribution in [3.05, 3.63) is 11.3 Å². The summed E-state index contributed by atoms with van der Waals surface area (Å²) in [6, 6.07) is -0.379. The van der Waals surface area contributed by atoms with Crippen molar-refractivity contribution in [2.45, 2.75) is 19.0 Å². The van der Waals surface area contributed by atoms with E-state index in [-0.39, 0.29) is 30.4 Å². The Morgan fingerprint density at radius 2 is 1.83 bits per heavy atom. The van der Waals surface area contributed by atoms with E-state index < -0.39 is 11.9 Å². The molecule has 1 aromatic heterocycles. The van der Waals surface area contributed by atoms with Crippen LogP contribution in [0.1, 0.15) is 17.7 Å². The average molecular weight is 265 g/mol. The fourth-order valence-corrected chi connectivity index (χ4v) is 1.44. The summed E-state index contributed by atoms with van der Waals surface area (Å²) in [5, 5.41) is 0. The van der Waals surface area contributed by atoms with Crippen LogP contribution in [-0.2, 0) is 12.6 Å². The predicted octanol–water partition coefficient (Wildman–Crippen LogP) is 1.40. The maximum atomic E-state index is 12.9. The minimum Gasteiger partial charge on any atom is -0.481 e. The Bertz CT molecular complexity index is 410. The van der Waals surface area contributed by atoms with Gasteiger partial charge in [0, 0.05) is 5.56 Å². The fraction of sp³-hybridized carbons (Fsp3) is 0.600. The molecule has 0 aliphatic carbocycles. The molecule has 8 heteroatoms. The quantitative estimate of drug-likeness (QED) is 0.871. The number of halogens is 3. The van der Waals surface area contributed by atoms with Crippen LogP contribution in [0.2, 0.25) is 0 Å². The molecular formula is C10H14F3N3O2. The molecule has 5 nitrogen and oxygen atoms in total. The zero-order valence-corrected chi connectivity index (χ0v) is 10.0. The zero-order chi connectivity index (χ0) is 13.8. The number of methoxy groups -OCH3 is 2. The topological polar surface area (TPSA) is 70.3 Å². The van der Waals surface area contributed by atoms with Crippen LogP contribution < -0.4 is 15.2 Å². The second-order valence-corrected chi connectivity index (χ2v) is 3.44. The average Bonchev–Trinajstić information content (AvgIpc) is 2.34. The molecule has 0 fully saturated rings. The SMILES string of the molecule is COc1nc(OC)c(CCCN)c(C(F)(F)F)n1. The molecule has 0 aliphatic heterocycles. The van der Waals surface area contributed by atoms with Gasteiger partial charge in [-0.3, -0.25) is 0 Å². The summed E-state index contributed by atoms with van der Waals surface area (Å²) >= 11 is 0. The smallest absolute Gasteiger partial charge is 0.434 e. The molecule has 1 rings (SSSR count). The van der Waals surface area contributed by atoms with Gasteiger partial charge in [-0.25, -0.2) is 0 Å². The molecule has 0 saturated heterocycles. The van der Waals surface area contributed by atoms with Crippen LogP contribution in [0.5, 0.6) is 11.9 Å². The molecule has 0 atom stereocenters. The molecule has 0 aromatic carbocycles. The molecule has 1 heterocycles. The van der Waals surface area contributed by atoms with Crippen molar-refractivity contribution in [1.29, 1.82) is 0 Å². The first-order valence-corrected chi connectivity index (χ1v) is 5.20. The molecule has 102 valence electrons. The van der Waals surface area contributed by atoms with Crippen LogP contribution in [-0.4, -0.2) is 30.7 Å². The standard InChI is InChI=1S/C10H14F3N3O2/c1-17-8-6(4-3-5-14)7(10(11,12)13)15-9(16-8)18-2/h3-5,14H2,1-2H3. The summed E-state index contributed by atoms with van der Waals surface area (Å²) in [5.41, 5.74) is 4.15. The maximum absolute atomic E-state index is 12.9. The van der Waals surface area contributed by atoms with Crippen LogP contribution in [0.3, 0.4) is 0 Å². The number of ether oxygens (including phenoxy) is 2.